The van der Waals surface area contributed by atoms with Crippen molar-refractivity contribution in [2.45, 2.75) is 6.42 Å². The minimum Gasteiger partial charge on any atom is -0.508 e. The van der Waals surface area contributed by atoms with Gasteiger partial charge in [0.2, 0.25) is 0 Å². The van der Waals surface area contributed by atoms with Crippen LogP contribution in [0.25, 0.3) is 22.4 Å². The van der Waals surface area contributed by atoms with Gasteiger partial charge >= 0.3 is 0 Å². The van der Waals surface area contributed by atoms with Crippen molar-refractivity contribution in [3.05, 3.63) is 52.9 Å². The molecule has 2 aromatic carbocycles. The van der Waals surface area contributed by atoms with E-state index in [2.05, 4.69) is 49.6 Å². The molecule has 1 heterocycles. The summed E-state index contributed by atoms with van der Waals surface area (Å²) in [5.41, 5.74) is 5.81. The van der Waals surface area contributed by atoms with Crippen molar-refractivity contribution in [1.82, 2.24) is 4.98 Å². The van der Waals surface area contributed by atoms with E-state index in [-0.39, 0.29) is 0 Å². The van der Waals surface area contributed by atoms with Gasteiger partial charge in [0.15, 0.2) is 5.13 Å². The highest BCUT2D eigenvalue weighted by molar-refractivity contribution is 14.1. The third-order valence-electron chi connectivity index (χ3n) is 3.67. The molecule has 0 aliphatic heterocycles. The fourth-order valence-corrected chi connectivity index (χ4v) is 4.07. The Morgan fingerprint density at radius 3 is 2.81 bits per heavy atom. The Morgan fingerprint density at radius 1 is 1.14 bits per heavy atom. The van der Waals surface area contributed by atoms with E-state index >= 15 is 0 Å². The molecule has 0 spiro atoms. The lowest BCUT2D eigenvalue weighted by atomic mass is 10.00. The Morgan fingerprint density at radius 2 is 2.00 bits per heavy atom. The molecule has 1 aromatic heterocycles. The number of phenols is 1. The molecule has 0 atom stereocenters. The third-order valence-corrected chi connectivity index (χ3v) is 5.52. The number of rotatable bonds is 2. The summed E-state index contributed by atoms with van der Waals surface area (Å²) < 4.78 is 3.08. The van der Waals surface area contributed by atoms with Crippen LogP contribution in [0.4, 0.5) is 5.13 Å². The van der Waals surface area contributed by atoms with Crippen LogP contribution in [0.15, 0.2) is 42.5 Å². The molecule has 0 bridgehead atoms. The lowest BCUT2D eigenvalue weighted by molar-refractivity contribution is 0.475. The van der Waals surface area contributed by atoms with Crippen molar-refractivity contribution in [2.75, 3.05) is 3.53 Å². The van der Waals surface area contributed by atoms with Crippen LogP contribution in [-0.4, -0.2) is 10.1 Å². The first-order valence-corrected chi connectivity index (χ1v) is 8.43. The SMILES string of the molecule is Oc1cccc(-c2ccc3c(c2)Cc2sc(NI)nc2-3)c1. The monoisotopic (exact) mass is 406 g/mol. The number of thiazole rings is 1. The largest absolute Gasteiger partial charge is 0.508 e. The quantitative estimate of drug-likeness (QED) is 0.370. The molecule has 0 radical (unpaired) electrons. The van der Waals surface area contributed by atoms with Gasteiger partial charge in [-0.05, 0) is 28.8 Å². The van der Waals surface area contributed by atoms with Crippen molar-refractivity contribution >= 4 is 39.3 Å². The number of phenolic OH excluding ortho intramolecular Hbond substituents is 1. The zero-order valence-corrected chi connectivity index (χ0v) is 13.9. The number of halogens is 1. The van der Waals surface area contributed by atoms with E-state index in [0.717, 1.165) is 28.4 Å². The van der Waals surface area contributed by atoms with Gasteiger partial charge in [0.05, 0.1) is 28.6 Å². The molecule has 2 N–H and O–H groups in total. The molecular formula is C16H11IN2OS. The molecule has 3 nitrogen and oxygen atoms in total. The van der Waals surface area contributed by atoms with Crippen LogP contribution in [0.1, 0.15) is 10.4 Å². The van der Waals surface area contributed by atoms with Gasteiger partial charge in [-0.3, -0.25) is 0 Å². The number of aromatic nitrogens is 1. The van der Waals surface area contributed by atoms with E-state index in [4.69, 9.17) is 0 Å². The van der Waals surface area contributed by atoms with Gasteiger partial charge in [-0.1, -0.05) is 30.3 Å². The summed E-state index contributed by atoms with van der Waals surface area (Å²) >= 11 is 3.83. The molecule has 0 saturated carbocycles. The van der Waals surface area contributed by atoms with Crippen molar-refractivity contribution in [1.29, 1.82) is 0 Å². The number of nitrogens with one attached hydrogen (secondary N) is 1. The van der Waals surface area contributed by atoms with Gasteiger partial charge in [0.25, 0.3) is 0 Å². The fourth-order valence-electron chi connectivity index (χ4n) is 2.73. The summed E-state index contributed by atoms with van der Waals surface area (Å²) in [5, 5.41) is 10.6. The van der Waals surface area contributed by atoms with Gasteiger partial charge in [-0.15, -0.1) is 11.3 Å². The second kappa shape index (κ2) is 4.99. The predicted molar refractivity (Wildman–Crippen MR) is 95.1 cm³/mol. The van der Waals surface area contributed by atoms with Crippen LogP contribution in [0, 0.1) is 0 Å². The van der Waals surface area contributed by atoms with Crippen molar-refractivity contribution in [3.63, 3.8) is 0 Å². The molecule has 1 aliphatic carbocycles. The molecule has 0 saturated heterocycles. The summed E-state index contributed by atoms with van der Waals surface area (Å²) in [4.78, 5) is 5.94. The van der Waals surface area contributed by atoms with Gasteiger partial charge in [0.1, 0.15) is 5.75 Å². The van der Waals surface area contributed by atoms with E-state index in [1.165, 1.54) is 16.0 Å². The van der Waals surface area contributed by atoms with Crippen LogP contribution >= 0.6 is 34.2 Å². The average molecular weight is 406 g/mol. The second-order valence-electron chi connectivity index (χ2n) is 4.98. The average Bonchev–Trinajstić information content (AvgIpc) is 3.03. The van der Waals surface area contributed by atoms with Crippen molar-refractivity contribution in [3.8, 4) is 28.1 Å². The minimum atomic E-state index is 0.298. The van der Waals surface area contributed by atoms with E-state index < -0.39 is 0 Å². The van der Waals surface area contributed by atoms with E-state index in [9.17, 15) is 5.11 Å². The molecule has 0 fully saturated rings. The van der Waals surface area contributed by atoms with Crippen LogP contribution < -0.4 is 3.53 Å². The van der Waals surface area contributed by atoms with Crippen LogP contribution in [0.5, 0.6) is 5.75 Å². The normalized spacial score (nSPS) is 12.0. The van der Waals surface area contributed by atoms with Crippen LogP contribution in [0.3, 0.4) is 0 Å². The summed E-state index contributed by atoms with van der Waals surface area (Å²) in [7, 11) is 0. The first-order chi connectivity index (χ1) is 10.2. The lowest BCUT2D eigenvalue weighted by Crippen LogP contribution is -1.85. The Bertz CT molecular complexity index is 844. The number of benzene rings is 2. The smallest absolute Gasteiger partial charge is 0.192 e. The molecule has 0 amide bonds. The molecule has 4 rings (SSSR count). The Labute approximate surface area is 140 Å². The maximum Gasteiger partial charge on any atom is 0.192 e. The zero-order chi connectivity index (χ0) is 14.4. The van der Waals surface area contributed by atoms with Crippen molar-refractivity contribution in [2.24, 2.45) is 0 Å². The first-order valence-electron chi connectivity index (χ1n) is 6.53. The number of nitrogens with zero attached hydrogens (tertiary/aromatic N) is 1. The van der Waals surface area contributed by atoms with Crippen LogP contribution in [-0.2, 0) is 6.42 Å². The molecule has 3 aromatic rings. The highest BCUT2D eigenvalue weighted by Crippen LogP contribution is 2.42. The minimum absolute atomic E-state index is 0.298. The molecule has 104 valence electrons. The Hall–Kier alpha value is -1.60. The number of hydrogen-bond acceptors (Lipinski definition) is 4. The molecular weight excluding hydrogens is 395 g/mol. The van der Waals surface area contributed by atoms with E-state index in [1.807, 2.05) is 12.1 Å². The van der Waals surface area contributed by atoms with Gasteiger partial charge < -0.3 is 8.64 Å². The molecule has 0 unspecified atom stereocenters. The number of aromatic hydroxyl groups is 1. The Balaban J connectivity index is 1.78. The summed E-state index contributed by atoms with van der Waals surface area (Å²) in [6.07, 6.45) is 0.938. The fraction of sp³-hybridized carbons (Fsp3) is 0.0625. The topological polar surface area (TPSA) is 45.1 Å². The lowest BCUT2D eigenvalue weighted by Gasteiger charge is -2.06. The summed E-state index contributed by atoms with van der Waals surface area (Å²) in [5.74, 6) is 0.298. The number of anilines is 1. The first kappa shape index (κ1) is 13.1. The second-order valence-corrected chi connectivity index (χ2v) is 6.61. The zero-order valence-electron chi connectivity index (χ0n) is 10.9. The summed E-state index contributed by atoms with van der Waals surface area (Å²) in [6, 6.07) is 13.8. The van der Waals surface area contributed by atoms with Gasteiger partial charge in [-0.25, -0.2) is 4.98 Å². The molecule has 1 aliphatic rings. The highest BCUT2D eigenvalue weighted by atomic mass is 127. The third kappa shape index (κ3) is 2.20. The number of hydrogen-bond donors (Lipinski definition) is 2. The highest BCUT2D eigenvalue weighted by Gasteiger charge is 2.23. The predicted octanol–water partition coefficient (Wildman–Crippen LogP) is 4.85. The molecule has 5 heteroatoms. The summed E-state index contributed by atoms with van der Waals surface area (Å²) in [6.45, 7) is 0. The van der Waals surface area contributed by atoms with E-state index in [0.29, 0.717) is 5.75 Å². The van der Waals surface area contributed by atoms with Crippen LogP contribution in [0.2, 0.25) is 0 Å². The maximum absolute atomic E-state index is 9.62. The number of fused-ring (bicyclic) bond motifs is 3. The van der Waals surface area contributed by atoms with Gasteiger partial charge in [0, 0.05) is 16.9 Å². The molecule has 21 heavy (non-hydrogen) atoms. The standard InChI is InChI=1S/C16H11IN2OS/c17-19-16-18-15-13-5-4-10(6-11(13)8-14(15)21-16)9-2-1-3-12(20)7-9/h1-7,20H,8H2,(H,18,19). The van der Waals surface area contributed by atoms with E-state index in [1.54, 1.807) is 23.5 Å². The maximum atomic E-state index is 9.62. The van der Waals surface area contributed by atoms with Crippen molar-refractivity contribution < 1.29 is 5.11 Å². The van der Waals surface area contributed by atoms with Gasteiger partial charge in [-0.2, -0.15) is 0 Å². The Kier molecular flexibility index (Phi) is 3.11.